The number of likely N-dealkylation sites (tertiary alicyclic amines) is 1. The predicted molar refractivity (Wildman–Crippen MR) is 99.3 cm³/mol. The highest BCUT2D eigenvalue weighted by molar-refractivity contribution is 7.98. The highest BCUT2D eigenvalue weighted by Crippen LogP contribution is 2.24. The first kappa shape index (κ1) is 17.0. The second-order valence-electron chi connectivity index (χ2n) is 6.66. The van der Waals surface area contributed by atoms with E-state index in [9.17, 15) is 4.79 Å². The highest BCUT2D eigenvalue weighted by Gasteiger charge is 2.21. The number of pyridine rings is 1. The number of nitrogens with zero attached hydrogens (tertiary/aromatic N) is 2. The molecule has 0 spiro atoms. The number of piperidine rings is 1. The first-order valence-electron chi connectivity index (χ1n) is 8.54. The lowest BCUT2D eigenvalue weighted by Crippen LogP contribution is -2.37. The molecule has 0 saturated carbocycles. The zero-order valence-electron chi connectivity index (χ0n) is 14.4. The van der Waals surface area contributed by atoms with Gasteiger partial charge in [0, 0.05) is 36.1 Å². The van der Waals surface area contributed by atoms with Crippen molar-refractivity contribution in [3.8, 4) is 0 Å². The normalized spacial score (nSPS) is 15.5. The summed E-state index contributed by atoms with van der Waals surface area (Å²) >= 11 is 1.78. The van der Waals surface area contributed by atoms with Crippen molar-refractivity contribution in [1.82, 2.24) is 9.88 Å². The summed E-state index contributed by atoms with van der Waals surface area (Å²) < 4.78 is 0. The van der Waals surface area contributed by atoms with Crippen LogP contribution < -0.4 is 0 Å². The van der Waals surface area contributed by atoms with Crippen molar-refractivity contribution < 1.29 is 4.79 Å². The van der Waals surface area contributed by atoms with Crippen molar-refractivity contribution in [2.75, 3.05) is 13.1 Å². The van der Waals surface area contributed by atoms with Gasteiger partial charge in [-0.15, -0.1) is 11.8 Å². The second kappa shape index (κ2) is 7.84. The molecule has 0 unspecified atom stereocenters. The van der Waals surface area contributed by atoms with Crippen LogP contribution in [0, 0.1) is 12.8 Å². The van der Waals surface area contributed by atoms with Crippen molar-refractivity contribution in [3.63, 3.8) is 0 Å². The van der Waals surface area contributed by atoms with E-state index >= 15 is 0 Å². The molecular formula is C20H24N2OS. The van der Waals surface area contributed by atoms with Crippen LogP contribution >= 0.6 is 11.8 Å². The third-order valence-corrected chi connectivity index (χ3v) is 5.57. The van der Waals surface area contributed by atoms with Crippen LogP contribution in [0.15, 0.2) is 47.6 Å². The van der Waals surface area contributed by atoms with Gasteiger partial charge in [-0.2, -0.15) is 0 Å². The predicted octanol–water partition coefficient (Wildman–Crippen LogP) is 4.55. The van der Waals surface area contributed by atoms with Crippen LogP contribution in [-0.2, 0) is 5.75 Å². The molecule has 3 nitrogen and oxygen atoms in total. The molecule has 4 heteroatoms. The van der Waals surface area contributed by atoms with Crippen molar-refractivity contribution in [1.29, 1.82) is 0 Å². The Bertz CT molecular complexity index is 708. The molecule has 2 heterocycles. The summed E-state index contributed by atoms with van der Waals surface area (Å²) in [6.07, 6.45) is 5.75. The largest absolute Gasteiger partial charge is 0.339 e. The average Bonchev–Trinajstić information content (AvgIpc) is 2.60. The van der Waals surface area contributed by atoms with Gasteiger partial charge in [0.1, 0.15) is 0 Å². The van der Waals surface area contributed by atoms with E-state index in [0.717, 1.165) is 43.2 Å². The van der Waals surface area contributed by atoms with E-state index in [1.807, 2.05) is 17.2 Å². The Morgan fingerprint density at radius 3 is 2.79 bits per heavy atom. The molecule has 3 rings (SSSR count). The third kappa shape index (κ3) is 4.38. The number of rotatable bonds is 4. The summed E-state index contributed by atoms with van der Waals surface area (Å²) in [5.41, 5.74) is 3.08. The van der Waals surface area contributed by atoms with Gasteiger partial charge in [-0.3, -0.25) is 9.78 Å². The summed E-state index contributed by atoms with van der Waals surface area (Å²) in [5, 5.41) is 0. The van der Waals surface area contributed by atoms with E-state index in [4.69, 9.17) is 0 Å². The molecular weight excluding hydrogens is 316 g/mol. The van der Waals surface area contributed by atoms with Crippen molar-refractivity contribution in [3.05, 3.63) is 59.4 Å². The van der Waals surface area contributed by atoms with Crippen LogP contribution in [-0.4, -0.2) is 28.9 Å². The van der Waals surface area contributed by atoms with Crippen molar-refractivity contribution >= 4 is 17.7 Å². The monoisotopic (exact) mass is 340 g/mol. The fourth-order valence-electron chi connectivity index (χ4n) is 2.95. The molecule has 0 N–H and O–H groups in total. The number of thioether (sulfide) groups is 1. The lowest BCUT2D eigenvalue weighted by molar-refractivity contribution is 0.0696. The van der Waals surface area contributed by atoms with Gasteiger partial charge < -0.3 is 4.90 Å². The maximum atomic E-state index is 12.7. The molecule has 1 aliphatic heterocycles. The molecule has 24 heavy (non-hydrogen) atoms. The molecule has 0 aliphatic carbocycles. The summed E-state index contributed by atoms with van der Waals surface area (Å²) in [7, 11) is 0. The highest BCUT2D eigenvalue weighted by atomic mass is 32.2. The Balaban J connectivity index is 1.64. The number of carbonyl (C=O) groups is 1. The Hall–Kier alpha value is -1.81. The van der Waals surface area contributed by atoms with E-state index in [0.29, 0.717) is 5.56 Å². The minimum atomic E-state index is 0.122. The van der Waals surface area contributed by atoms with Gasteiger partial charge in [-0.05, 0) is 49.4 Å². The standard InChI is InChI=1S/C20H24N2OS/c1-15-6-8-22(9-7-15)20(23)18-11-17(12-21-13-18)14-24-19-5-3-4-16(2)10-19/h3-5,10-13,15H,6-9,14H2,1-2H3. The SMILES string of the molecule is Cc1cccc(SCc2cncc(C(=O)N3CCC(C)CC3)c2)c1. The van der Waals surface area contributed by atoms with E-state index in [-0.39, 0.29) is 5.91 Å². The molecule has 0 bridgehead atoms. The molecule has 0 atom stereocenters. The number of benzene rings is 1. The van der Waals surface area contributed by atoms with Crippen molar-refractivity contribution in [2.24, 2.45) is 5.92 Å². The molecule has 126 valence electrons. The van der Waals surface area contributed by atoms with Gasteiger partial charge in [0.2, 0.25) is 0 Å². The van der Waals surface area contributed by atoms with Gasteiger partial charge in [0.15, 0.2) is 0 Å². The molecule has 0 radical (unpaired) electrons. The number of amides is 1. The number of aryl methyl sites for hydroxylation is 1. The quantitative estimate of drug-likeness (QED) is 0.765. The first-order chi connectivity index (χ1) is 11.6. The Labute approximate surface area is 148 Å². The number of hydrogen-bond donors (Lipinski definition) is 0. The smallest absolute Gasteiger partial charge is 0.255 e. The van der Waals surface area contributed by atoms with Crippen LogP contribution in [0.25, 0.3) is 0 Å². The maximum Gasteiger partial charge on any atom is 0.255 e. The third-order valence-electron chi connectivity index (χ3n) is 4.51. The second-order valence-corrected chi connectivity index (χ2v) is 7.71. The lowest BCUT2D eigenvalue weighted by atomic mass is 9.99. The molecule has 1 fully saturated rings. The van der Waals surface area contributed by atoms with Gasteiger partial charge in [0.25, 0.3) is 5.91 Å². The summed E-state index contributed by atoms with van der Waals surface area (Å²) in [4.78, 5) is 20.2. The lowest BCUT2D eigenvalue weighted by Gasteiger charge is -2.30. The van der Waals surface area contributed by atoms with Crippen LogP contribution in [0.5, 0.6) is 0 Å². The van der Waals surface area contributed by atoms with Gasteiger partial charge in [-0.1, -0.05) is 24.6 Å². The minimum absolute atomic E-state index is 0.122. The molecule has 1 aromatic carbocycles. The van der Waals surface area contributed by atoms with Crippen LogP contribution in [0.1, 0.15) is 41.3 Å². The summed E-state index contributed by atoms with van der Waals surface area (Å²) in [6, 6.07) is 10.5. The average molecular weight is 340 g/mol. The number of aromatic nitrogens is 1. The zero-order chi connectivity index (χ0) is 16.9. The molecule has 1 amide bonds. The zero-order valence-corrected chi connectivity index (χ0v) is 15.2. The molecule has 2 aromatic rings. The van der Waals surface area contributed by atoms with E-state index in [1.54, 1.807) is 18.0 Å². The fourth-order valence-corrected chi connectivity index (χ4v) is 3.88. The number of carbonyl (C=O) groups excluding carboxylic acids is 1. The summed E-state index contributed by atoms with van der Waals surface area (Å²) in [6.45, 7) is 6.08. The van der Waals surface area contributed by atoms with Gasteiger partial charge in [0.05, 0.1) is 5.56 Å². The Morgan fingerprint density at radius 1 is 1.25 bits per heavy atom. The topological polar surface area (TPSA) is 33.2 Å². The van der Waals surface area contributed by atoms with Crippen LogP contribution in [0.4, 0.5) is 0 Å². The fraction of sp³-hybridized carbons (Fsp3) is 0.400. The molecule has 1 aromatic heterocycles. The van der Waals surface area contributed by atoms with Gasteiger partial charge in [-0.25, -0.2) is 0 Å². The Kier molecular flexibility index (Phi) is 5.56. The molecule has 1 aliphatic rings. The van der Waals surface area contributed by atoms with Crippen LogP contribution in [0.2, 0.25) is 0 Å². The Morgan fingerprint density at radius 2 is 2.04 bits per heavy atom. The van der Waals surface area contributed by atoms with E-state index < -0.39 is 0 Å². The number of hydrogen-bond acceptors (Lipinski definition) is 3. The van der Waals surface area contributed by atoms with Crippen LogP contribution in [0.3, 0.4) is 0 Å². The summed E-state index contributed by atoms with van der Waals surface area (Å²) in [5.74, 6) is 1.68. The minimum Gasteiger partial charge on any atom is -0.339 e. The van der Waals surface area contributed by atoms with Gasteiger partial charge >= 0.3 is 0 Å². The maximum absolute atomic E-state index is 12.7. The van der Waals surface area contributed by atoms with E-state index in [1.165, 1.54) is 10.5 Å². The van der Waals surface area contributed by atoms with Crippen molar-refractivity contribution in [2.45, 2.75) is 37.3 Å². The first-order valence-corrected chi connectivity index (χ1v) is 9.53. The van der Waals surface area contributed by atoms with E-state index in [2.05, 4.69) is 43.1 Å². The molecule has 1 saturated heterocycles.